The molecule has 1 heterocycles. The molecule has 1 unspecified atom stereocenters. The number of methoxy groups -OCH3 is 1. The van der Waals surface area contributed by atoms with Gasteiger partial charge in [0.2, 0.25) is 0 Å². The van der Waals surface area contributed by atoms with Crippen molar-refractivity contribution in [2.75, 3.05) is 33.9 Å². The van der Waals surface area contributed by atoms with E-state index >= 15 is 0 Å². The van der Waals surface area contributed by atoms with Crippen LogP contribution >= 0.6 is 0 Å². The zero-order valence-corrected chi connectivity index (χ0v) is 11.0. The van der Waals surface area contributed by atoms with E-state index < -0.39 is 0 Å². The molecule has 0 aliphatic rings. The number of pyridine rings is 1. The predicted molar refractivity (Wildman–Crippen MR) is 69.9 cm³/mol. The molecule has 0 fully saturated rings. The number of aromatic nitrogens is 1. The molecule has 0 saturated heterocycles. The van der Waals surface area contributed by atoms with Crippen LogP contribution in [0.1, 0.15) is 23.6 Å². The number of rotatable bonds is 7. The quantitative estimate of drug-likeness (QED) is 0.727. The Bertz CT molecular complexity index is 330. The predicted octanol–water partition coefficient (Wildman–Crippen LogP) is 1.36. The van der Waals surface area contributed by atoms with Crippen LogP contribution in [-0.2, 0) is 4.74 Å². The Hall–Kier alpha value is -0.970. The lowest BCUT2D eigenvalue weighted by Crippen LogP contribution is -2.32. The van der Waals surface area contributed by atoms with Gasteiger partial charge in [-0.2, -0.15) is 0 Å². The summed E-state index contributed by atoms with van der Waals surface area (Å²) in [5.74, 6) is 0. The Balaban J connectivity index is 2.67. The number of aryl methyl sites for hydroxylation is 1. The maximum atomic E-state index is 5.88. The highest BCUT2D eigenvalue weighted by Crippen LogP contribution is 2.20. The van der Waals surface area contributed by atoms with Crippen molar-refractivity contribution in [2.24, 2.45) is 5.73 Å². The Morgan fingerprint density at radius 1 is 1.53 bits per heavy atom. The summed E-state index contributed by atoms with van der Waals surface area (Å²) in [4.78, 5) is 6.45. The molecule has 4 nitrogen and oxygen atoms in total. The molecule has 0 radical (unpaired) electrons. The summed E-state index contributed by atoms with van der Waals surface area (Å²) in [5, 5.41) is 0. The van der Waals surface area contributed by atoms with Crippen LogP contribution < -0.4 is 5.73 Å². The molecule has 1 aromatic heterocycles. The van der Waals surface area contributed by atoms with Gasteiger partial charge in [-0.15, -0.1) is 0 Å². The number of ether oxygens (including phenoxy) is 1. The number of hydrogen-bond donors (Lipinski definition) is 1. The van der Waals surface area contributed by atoms with Crippen molar-refractivity contribution in [2.45, 2.75) is 19.4 Å². The van der Waals surface area contributed by atoms with Crippen LogP contribution in [0.15, 0.2) is 18.5 Å². The first-order valence-electron chi connectivity index (χ1n) is 6.00. The van der Waals surface area contributed by atoms with Gasteiger partial charge < -0.3 is 10.5 Å². The van der Waals surface area contributed by atoms with E-state index in [1.165, 1.54) is 11.1 Å². The van der Waals surface area contributed by atoms with Crippen molar-refractivity contribution >= 4 is 0 Å². The summed E-state index contributed by atoms with van der Waals surface area (Å²) in [6.45, 7) is 4.47. The zero-order chi connectivity index (χ0) is 12.7. The van der Waals surface area contributed by atoms with Crippen LogP contribution in [0.25, 0.3) is 0 Å². The monoisotopic (exact) mass is 237 g/mol. The van der Waals surface area contributed by atoms with Crippen molar-refractivity contribution < 1.29 is 4.74 Å². The molecule has 1 atom stereocenters. The van der Waals surface area contributed by atoms with Crippen molar-refractivity contribution in [1.29, 1.82) is 0 Å². The normalized spacial score (nSPS) is 13.0. The third kappa shape index (κ3) is 4.07. The first kappa shape index (κ1) is 14.1. The topological polar surface area (TPSA) is 51.4 Å². The molecule has 0 aromatic carbocycles. The van der Waals surface area contributed by atoms with Gasteiger partial charge in [-0.25, -0.2) is 0 Å². The third-order valence-electron chi connectivity index (χ3n) is 3.05. The van der Waals surface area contributed by atoms with Gasteiger partial charge in [0.25, 0.3) is 0 Å². The molecule has 0 amide bonds. The Kier molecular flexibility index (Phi) is 6.11. The van der Waals surface area contributed by atoms with Gasteiger partial charge in [-0.05, 0) is 37.6 Å². The van der Waals surface area contributed by atoms with Crippen LogP contribution in [0.5, 0.6) is 0 Å². The van der Waals surface area contributed by atoms with Gasteiger partial charge in [0.05, 0.1) is 0 Å². The third-order valence-corrected chi connectivity index (χ3v) is 3.05. The maximum Gasteiger partial charge on any atom is 0.0485 e. The molecule has 4 heteroatoms. The van der Waals surface area contributed by atoms with Crippen LogP contribution in [0.2, 0.25) is 0 Å². The Labute approximate surface area is 104 Å². The molecule has 2 N–H and O–H groups in total. The molecule has 96 valence electrons. The van der Waals surface area contributed by atoms with Crippen molar-refractivity contribution in [3.05, 3.63) is 29.6 Å². The fraction of sp³-hybridized carbons (Fsp3) is 0.615. The molecule has 0 aliphatic carbocycles. The van der Waals surface area contributed by atoms with E-state index in [1.54, 1.807) is 7.11 Å². The first-order valence-corrected chi connectivity index (χ1v) is 6.00. The Morgan fingerprint density at radius 2 is 2.29 bits per heavy atom. The lowest BCUT2D eigenvalue weighted by Gasteiger charge is -2.28. The molecule has 0 bridgehead atoms. The van der Waals surface area contributed by atoms with Crippen molar-refractivity contribution in [1.82, 2.24) is 9.88 Å². The molecule has 1 rings (SSSR count). The van der Waals surface area contributed by atoms with Crippen LogP contribution in [0.3, 0.4) is 0 Å². The second-order valence-electron chi connectivity index (χ2n) is 4.31. The van der Waals surface area contributed by atoms with E-state index in [0.717, 1.165) is 19.6 Å². The standard InChI is InChI=1S/C13H23N3O/c1-11-5-6-15-10-12(11)13(9-14)16(2)7-4-8-17-3/h5-6,10,13H,4,7-9,14H2,1-3H3. The average Bonchev–Trinajstić information content (AvgIpc) is 2.33. The van der Waals surface area contributed by atoms with E-state index in [1.807, 2.05) is 18.5 Å². The van der Waals surface area contributed by atoms with Crippen molar-refractivity contribution in [3.8, 4) is 0 Å². The lowest BCUT2D eigenvalue weighted by atomic mass is 10.0. The van der Waals surface area contributed by atoms with Gasteiger partial charge >= 0.3 is 0 Å². The highest BCUT2D eigenvalue weighted by molar-refractivity contribution is 5.25. The number of nitrogens with two attached hydrogens (primary N) is 1. The fourth-order valence-electron chi connectivity index (χ4n) is 1.98. The lowest BCUT2D eigenvalue weighted by molar-refractivity contribution is 0.166. The summed E-state index contributed by atoms with van der Waals surface area (Å²) < 4.78 is 5.06. The van der Waals surface area contributed by atoms with Crippen LogP contribution in [-0.4, -0.2) is 43.7 Å². The molecule has 1 aromatic rings. The van der Waals surface area contributed by atoms with E-state index in [-0.39, 0.29) is 6.04 Å². The SMILES string of the molecule is COCCCN(C)C(CN)c1cnccc1C. The first-order chi connectivity index (χ1) is 8.20. The Morgan fingerprint density at radius 3 is 2.88 bits per heavy atom. The molecular weight excluding hydrogens is 214 g/mol. The van der Waals surface area contributed by atoms with Crippen LogP contribution in [0.4, 0.5) is 0 Å². The van der Waals surface area contributed by atoms with Gasteiger partial charge in [0.1, 0.15) is 0 Å². The van der Waals surface area contributed by atoms with Gasteiger partial charge in [0, 0.05) is 45.2 Å². The molecule has 17 heavy (non-hydrogen) atoms. The molecular formula is C13H23N3O. The average molecular weight is 237 g/mol. The summed E-state index contributed by atoms with van der Waals surface area (Å²) in [7, 11) is 3.82. The second kappa shape index (κ2) is 7.37. The molecule has 0 saturated carbocycles. The minimum absolute atomic E-state index is 0.237. The highest BCUT2D eigenvalue weighted by atomic mass is 16.5. The van der Waals surface area contributed by atoms with Gasteiger partial charge in [0.15, 0.2) is 0 Å². The summed E-state index contributed by atoms with van der Waals surface area (Å²) in [5.41, 5.74) is 8.34. The summed E-state index contributed by atoms with van der Waals surface area (Å²) in [6, 6.07) is 2.27. The maximum absolute atomic E-state index is 5.88. The smallest absolute Gasteiger partial charge is 0.0485 e. The molecule has 0 spiro atoms. The van der Waals surface area contributed by atoms with Crippen LogP contribution in [0, 0.1) is 6.92 Å². The second-order valence-corrected chi connectivity index (χ2v) is 4.31. The van der Waals surface area contributed by atoms with Gasteiger partial charge in [-0.3, -0.25) is 9.88 Å². The number of nitrogens with zero attached hydrogens (tertiary/aromatic N) is 2. The van der Waals surface area contributed by atoms with E-state index in [9.17, 15) is 0 Å². The van der Waals surface area contributed by atoms with Crippen molar-refractivity contribution in [3.63, 3.8) is 0 Å². The number of likely N-dealkylation sites (N-methyl/N-ethyl adjacent to an activating group) is 1. The zero-order valence-electron chi connectivity index (χ0n) is 11.0. The van der Waals surface area contributed by atoms with E-state index in [2.05, 4.69) is 23.9 Å². The summed E-state index contributed by atoms with van der Waals surface area (Å²) >= 11 is 0. The highest BCUT2D eigenvalue weighted by Gasteiger charge is 2.16. The van der Waals surface area contributed by atoms with E-state index in [0.29, 0.717) is 6.54 Å². The summed E-state index contributed by atoms with van der Waals surface area (Å²) in [6.07, 6.45) is 4.75. The molecule has 0 aliphatic heterocycles. The van der Waals surface area contributed by atoms with Gasteiger partial charge in [-0.1, -0.05) is 0 Å². The fourth-order valence-corrected chi connectivity index (χ4v) is 1.98. The number of hydrogen-bond acceptors (Lipinski definition) is 4. The largest absolute Gasteiger partial charge is 0.385 e. The minimum Gasteiger partial charge on any atom is -0.385 e. The van der Waals surface area contributed by atoms with E-state index in [4.69, 9.17) is 10.5 Å². The minimum atomic E-state index is 0.237.